The Morgan fingerprint density at radius 1 is 1.21 bits per heavy atom. The van der Waals surface area contributed by atoms with Gasteiger partial charge in [-0.25, -0.2) is 0 Å². The third-order valence-corrected chi connectivity index (χ3v) is 4.33. The molecule has 1 rings (SSSR count). The number of methoxy groups -OCH3 is 1. The van der Waals surface area contributed by atoms with Crippen LogP contribution in [0.5, 0.6) is 0 Å². The minimum absolute atomic E-state index is 0. The van der Waals surface area contributed by atoms with Gasteiger partial charge in [0.05, 0.1) is 13.2 Å². The van der Waals surface area contributed by atoms with Crippen LogP contribution in [0.15, 0.2) is 4.99 Å². The largest absolute Gasteiger partial charge is 0.383 e. The maximum atomic E-state index is 5.43. The number of hydrogen-bond donors (Lipinski definition) is 1. The summed E-state index contributed by atoms with van der Waals surface area (Å²) in [5.41, 5.74) is 0. The summed E-state index contributed by atoms with van der Waals surface area (Å²) in [6, 6.07) is 0. The molecule has 7 heteroatoms. The minimum Gasteiger partial charge on any atom is -0.383 e. The topological polar surface area (TPSA) is 49.3 Å². The van der Waals surface area contributed by atoms with Gasteiger partial charge in [-0.1, -0.05) is 0 Å². The predicted octanol–water partition coefficient (Wildman–Crippen LogP) is 1.90. The van der Waals surface area contributed by atoms with Crippen molar-refractivity contribution in [2.75, 3.05) is 73.7 Å². The zero-order chi connectivity index (χ0) is 16.9. The molecule has 0 amide bonds. The zero-order valence-electron chi connectivity index (χ0n) is 15.9. The standard InChI is InChI=1S/C17H36N4O2.HI/c1-5-18-17(19-9-11-20(2)12-15-22-4)21(3)10-6-16-7-13-23-14-8-16;/h16H,5-15H2,1-4H3,(H,18,19);1H. The highest BCUT2D eigenvalue weighted by atomic mass is 127. The van der Waals surface area contributed by atoms with Crippen LogP contribution in [-0.2, 0) is 9.47 Å². The van der Waals surface area contributed by atoms with Gasteiger partial charge >= 0.3 is 0 Å². The highest BCUT2D eigenvalue weighted by Gasteiger charge is 2.15. The van der Waals surface area contributed by atoms with Gasteiger partial charge in [0.1, 0.15) is 0 Å². The summed E-state index contributed by atoms with van der Waals surface area (Å²) in [5, 5.41) is 3.40. The molecule has 0 aliphatic carbocycles. The maximum absolute atomic E-state index is 5.43. The highest BCUT2D eigenvalue weighted by Crippen LogP contribution is 2.18. The average Bonchev–Trinajstić information content (AvgIpc) is 2.58. The van der Waals surface area contributed by atoms with Crippen molar-refractivity contribution in [1.29, 1.82) is 0 Å². The third kappa shape index (κ3) is 10.7. The molecule has 0 radical (unpaired) electrons. The van der Waals surface area contributed by atoms with Gasteiger partial charge in [0.25, 0.3) is 0 Å². The van der Waals surface area contributed by atoms with Crippen molar-refractivity contribution in [1.82, 2.24) is 15.1 Å². The van der Waals surface area contributed by atoms with E-state index in [1.807, 2.05) is 0 Å². The van der Waals surface area contributed by atoms with E-state index in [9.17, 15) is 0 Å². The first-order valence-electron chi connectivity index (χ1n) is 8.92. The Hall–Kier alpha value is -0.120. The average molecular weight is 456 g/mol. The van der Waals surface area contributed by atoms with Crippen molar-refractivity contribution in [3.8, 4) is 0 Å². The second kappa shape index (κ2) is 15.2. The number of rotatable bonds is 10. The van der Waals surface area contributed by atoms with Gasteiger partial charge in [0.2, 0.25) is 0 Å². The number of guanidine groups is 1. The van der Waals surface area contributed by atoms with Crippen molar-refractivity contribution in [3.63, 3.8) is 0 Å². The quantitative estimate of drug-likeness (QED) is 0.309. The fourth-order valence-electron chi connectivity index (χ4n) is 2.67. The van der Waals surface area contributed by atoms with Gasteiger partial charge in [-0.3, -0.25) is 4.99 Å². The summed E-state index contributed by atoms with van der Waals surface area (Å²) in [6.45, 7) is 9.40. The lowest BCUT2D eigenvalue weighted by atomic mass is 9.96. The monoisotopic (exact) mass is 456 g/mol. The normalized spacial score (nSPS) is 16.1. The van der Waals surface area contributed by atoms with Gasteiger partial charge in [-0.05, 0) is 39.2 Å². The van der Waals surface area contributed by atoms with E-state index >= 15 is 0 Å². The van der Waals surface area contributed by atoms with E-state index in [2.05, 4.69) is 36.1 Å². The van der Waals surface area contributed by atoms with Crippen LogP contribution in [0, 0.1) is 5.92 Å². The molecule has 1 N–H and O–H groups in total. The first-order chi connectivity index (χ1) is 11.2. The van der Waals surface area contributed by atoms with E-state index in [-0.39, 0.29) is 24.0 Å². The molecule has 1 aliphatic rings. The summed E-state index contributed by atoms with van der Waals surface area (Å²) in [5.74, 6) is 1.81. The van der Waals surface area contributed by atoms with E-state index in [1.165, 1.54) is 19.3 Å². The Morgan fingerprint density at radius 3 is 2.54 bits per heavy atom. The molecule has 0 spiro atoms. The smallest absolute Gasteiger partial charge is 0.193 e. The first kappa shape index (κ1) is 23.9. The number of aliphatic imine (C=N–C) groups is 1. The summed E-state index contributed by atoms with van der Waals surface area (Å²) < 4.78 is 10.5. The van der Waals surface area contributed by atoms with Gasteiger partial charge in [-0.2, -0.15) is 0 Å². The molecule has 1 saturated heterocycles. The number of nitrogens with zero attached hydrogens (tertiary/aromatic N) is 3. The van der Waals surface area contributed by atoms with Crippen molar-refractivity contribution in [2.24, 2.45) is 10.9 Å². The van der Waals surface area contributed by atoms with Crippen molar-refractivity contribution in [3.05, 3.63) is 0 Å². The molecule has 1 heterocycles. The van der Waals surface area contributed by atoms with Crippen molar-refractivity contribution in [2.45, 2.75) is 26.2 Å². The number of halogens is 1. The summed E-state index contributed by atoms with van der Waals surface area (Å²) in [4.78, 5) is 9.26. The van der Waals surface area contributed by atoms with Crippen LogP contribution in [-0.4, -0.2) is 89.5 Å². The fourth-order valence-corrected chi connectivity index (χ4v) is 2.67. The van der Waals surface area contributed by atoms with E-state index < -0.39 is 0 Å². The fraction of sp³-hybridized carbons (Fsp3) is 0.941. The second-order valence-corrected chi connectivity index (χ2v) is 6.30. The lowest BCUT2D eigenvalue weighted by Gasteiger charge is -2.27. The van der Waals surface area contributed by atoms with E-state index in [1.54, 1.807) is 7.11 Å². The molecular formula is C17H37IN4O2. The van der Waals surface area contributed by atoms with E-state index in [0.717, 1.165) is 64.4 Å². The summed E-state index contributed by atoms with van der Waals surface area (Å²) in [6.07, 6.45) is 3.62. The third-order valence-electron chi connectivity index (χ3n) is 4.33. The van der Waals surface area contributed by atoms with Gasteiger partial charge in [0.15, 0.2) is 5.96 Å². The molecule has 0 bridgehead atoms. The van der Waals surface area contributed by atoms with Crippen LogP contribution in [0.2, 0.25) is 0 Å². The van der Waals surface area contributed by atoms with Crippen molar-refractivity contribution >= 4 is 29.9 Å². The Balaban J connectivity index is 0.00000529. The Labute approximate surface area is 165 Å². The van der Waals surface area contributed by atoms with E-state index in [0.29, 0.717) is 0 Å². The molecule has 6 nitrogen and oxygen atoms in total. The lowest BCUT2D eigenvalue weighted by Crippen LogP contribution is -2.40. The van der Waals surface area contributed by atoms with Crippen LogP contribution in [0.4, 0.5) is 0 Å². The Kier molecular flexibility index (Phi) is 15.1. The SMILES string of the molecule is CCNC(=NCCN(C)CCOC)N(C)CCC1CCOCC1.I. The van der Waals surface area contributed by atoms with Crippen LogP contribution in [0.1, 0.15) is 26.2 Å². The molecule has 0 aromatic heterocycles. The van der Waals surface area contributed by atoms with Crippen molar-refractivity contribution < 1.29 is 9.47 Å². The number of hydrogen-bond acceptors (Lipinski definition) is 4. The minimum atomic E-state index is 0. The first-order valence-corrected chi connectivity index (χ1v) is 8.92. The number of nitrogens with one attached hydrogen (secondary N) is 1. The Bertz CT molecular complexity index is 326. The molecule has 0 aromatic rings. The second-order valence-electron chi connectivity index (χ2n) is 6.30. The molecule has 1 aliphatic heterocycles. The lowest BCUT2D eigenvalue weighted by molar-refractivity contribution is 0.0625. The molecule has 1 fully saturated rings. The molecular weight excluding hydrogens is 419 g/mol. The van der Waals surface area contributed by atoms with Crippen LogP contribution in [0.25, 0.3) is 0 Å². The van der Waals surface area contributed by atoms with Crippen LogP contribution < -0.4 is 5.32 Å². The van der Waals surface area contributed by atoms with Crippen LogP contribution >= 0.6 is 24.0 Å². The molecule has 24 heavy (non-hydrogen) atoms. The van der Waals surface area contributed by atoms with E-state index in [4.69, 9.17) is 14.5 Å². The maximum Gasteiger partial charge on any atom is 0.193 e. The highest BCUT2D eigenvalue weighted by molar-refractivity contribution is 14.0. The van der Waals surface area contributed by atoms with Gasteiger partial charge in [-0.15, -0.1) is 24.0 Å². The van der Waals surface area contributed by atoms with Gasteiger partial charge < -0.3 is 24.6 Å². The molecule has 0 unspecified atom stereocenters. The number of likely N-dealkylation sites (N-methyl/N-ethyl adjacent to an activating group) is 1. The van der Waals surface area contributed by atoms with Crippen LogP contribution in [0.3, 0.4) is 0 Å². The predicted molar refractivity (Wildman–Crippen MR) is 112 cm³/mol. The molecule has 0 saturated carbocycles. The molecule has 0 atom stereocenters. The number of ether oxygens (including phenoxy) is 2. The van der Waals surface area contributed by atoms with Gasteiger partial charge in [0, 0.05) is 53.6 Å². The summed E-state index contributed by atoms with van der Waals surface area (Å²) in [7, 11) is 5.98. The summed E-state index contributed by atoms with van der Waals surface area (Å²) >= 11 is 0. The zero-order valence-corrected chi connectivity index (χ0v) is 18.3. The molecule has 144 valence electrons. The Morgan fingerprint density at radius 2 is 1.92 bits per heavy atom. The molecule has 0 aromatic carbocycles.